The zero-order valence-corrected chi connectivity index (χ0v) is 14.7. The van der Waals surface area contributed by atoms with Crippen LogP contribution in [0.1, 0.15) is 15.9 Å². The third kappa shape index (κ3) is 3.51. The molecule has 0 aliphatic heterocycles. The highest BCUT2D eigenvalue weighted by Crippen LogP contribution is 2.23. The van der Waals surface area contributed by atoms with Gasteiger partial charge in [-0.05, 0) is 35.4 Å². The van der Waals surface area contributed by atoms with Gasteiger partial charge in [-0.1, -0.05) is 35.5 Å². The van der Waals surface area contributed by atoms with Gasteiger partial charge in [-0.25, -0.2) is 9.48 Å². The molecule has 4 aromatic rings. The van der Waals surface area contributed by atoms with Crippen LogP contribution in [0.4, 0.5) is 0 Å². The second-order valence-corrected chi connectivity index (χ2v) is 6.22. The Morgan fingerprint density at radius 3 is 2.54 bits per heavy atom. The molecule has 0 saturated heterocycles. The molecular formula is C21H16N4O3. The van der Waals surface area contributed by atoms with Crippen molar-refractivity contribution in [3.63, 3.8) is 0 Å². The maximum Gasteiger partial charge on any atom is 0.335 e. The molecule has 7 nitrogen and oxygen atoms in total. The number of pyridine rings is 1. The number of rotatable bonds is 5. The zero-order chi connectivity index (χ0) is 19.5. The Morgan fingerprint density at radius 2 is 1.79 bits per heavy atom. The Kier molecular flexibility index (Phi) is 4.65. The fourth-order valence-electron chi connectivity index (χ4n) is 2.87. The smallest absolute Gasteiger partial charge is 0.335 e. The van der Waals surface area contributed by atoms with Gasteiger partial charge in [-0.2, -0.15) is 0 Å². The van der Waals surface area contributed by atoms with E-state index in [1.54, 1.807) is 35.4 Å². The molecule has 28 heavy (non-hydrogen) atoms. The van der Waals surface area contributed by atoms with E-state index in [0.29, 0.717) is 5.69 Å². The lowest BCUT2D eigenvalue weighted by Gasteiger charge is -2.06. The molecule has 0 unspecified atom stereocenters. The van der Waals surface area contributed by atoms with Gasteiger partial charge in [-0.15, -0.1) is 5.10 Å². The summed E-state index contributed by atoms with van der Waals surface area (Å²) < 4.78 is 1.62. The molecule has 0 fully saturated rings. The Hall–Kier alpha value is -3.84. The lowest BCUT2D eigenvalue weighted by molar-refractivity contribution is 0.0697. The minimum Gasteiger partial charge on any atom is -0.478 e. The zero-order valence-electron chi connectivity index (χ0n) is 14.7. The van der Waals surface area contributed by atoms with Crippen LogP contribution in [0.2, 0.25) is 0 Å². The van der Waals surface area contributed by atoms with Crippen LogP contribution in [0.5, 0.6) is 0 Å². The summed E-state index contributed by atoms with van der Waals surface area (Å²) in [5.41, 5.74) is 5.04. The summed E-state index contributed by atoms with van der Waals surface area (Å²) in [4.78, 5) is 15.3. The lowest BCUT2D eigenvalue weighted by atomic mass is 10.0. The third-order valence-electron chi connectivity index (χ3n) is 4.35. The number of aromatic carboxylic acids is 1. The second kappa shape index (κ2) is 7.42. The van der Waals surface area contributed by atoms with Crippen LogP contribution in [0.3, 0.4) is 0 Å². The highest BCUT2D eigenvalue weighted by molar-refractivity contribution is 5.88. The van der Waals surface area contributed by atoms with Crippen molar-refractivity contribution in [2.75, 3.05) is 0 Å². The number of hydrogen-bond acceptors (Lipinski definition) is 5. The van der Waals surface area contributed by atoms with Crippen LogP contribution < -0.4 is 0 Å². The number of aliphatic hydroxyl groups is 1. The number of carboxylic acid groups (broad SMARTS) is 1. The van der Waals surface area contributed by atoms with E-state index in [0.717, 1.165) is 27.9 Å². The molecule has 7 heteroatoms. The topological polar surface area (TPSA) is 101 Å². The van der Waals surface area contributed by atoms with E-state index in [-0.39, 0.29) is 12.2 Å². The van der Waals surface area contributed by atoms with Crippen molar-refractivity contribution < 1.29 is 15.0 Å². The van der Waals surface area contributed by atoms with E-state index in [4.69, 9.17) is 5.11 Å². The van der Waals surface area contributed by atoms with E-state index >= 15 is 0 Å². The molecule has 4 rings (SSSR count). The summed E-state index contributed by atoms with van der Waals surface area (Å²) in [6.07, 6.45) is 5.20. The normalized spacial score (nSPS) is 10.8. The largest absolute Gasteiger partial charge is 0.478 e. The van der Waals surface area contributed by atoms with Gasteiger partial charge in [0.25, 0.3) is 0 Å². The summed E-state index contributed by atoms with van der Waals surface area (Å²) in [5.74, 6) is -0.969. The molecular weight excluding hydrogens is 356 g/mol. The van der Waals surface area contributed by atoms with Gasteiger partial charge in [0.05, 0.1) is 30.3 Å². The average molecular weight is 372 g/mol. The van der Waals surface area contributed by atoms with Crippen LogP contribution in [0.25, 0.3) is 28.1 Å². The number of aliphatic hydroxyl groups excluding tert-OH is 1. The molecule has 0 atom stereocenters. The van der Waals surface area contributed by atoms with Crippen molar-refractivity contribution in [1.82, 2.24) is 20.0 Å². The number of hydrogen-bond donors (Lipinski definition) is 2. The highest BCUT2D eigenvalue weighted by atomic mass is 16.4. The number of nitrogens with zero attached hydrogens (tertiary/aromatic N) is 4. The first kappa shape index (κ1) is 17.6. The Bertz CT molecular complexity index is 1140. The molecule has 0 radical (unpaired) electrons. The predicted octanol–water partition coefficient (Wildman–Crippen LogP) is 3.19. The second-order valence-electron chi connectivity index (χ2n) is 6.22. The molecule has 2 heterocycles. The fraction of sp³-hybridized carbons (Fsp3) is 0.0476. The Labute approximate surface area is 160 Å². The maximum atomic E-state index is 11.0. The van der Waals surface area contributed by atoms with Gasteiger partial charge in [0.2, 0.25) is 0 Å². The van der Waals surface area contributed by atoms with Crippen molar-refractivity contribution in [3.05, 3.63) is 84.3 Å². The Morgan fingerprint density at radius 1 is 0.964 bits per heavy atom. The van der Waals surface area contributed by atoms with Gasteiger partial charge in [0.1, 0.15) is 5.69 Å². The molecule has 0 saturated carbocycles. The van der Waals surface area contributed by atoms with E-state index in [9.17, 15) is 9.90 Å². The van der Waals surface area contributed by atoms with Crippen molar-refractivity contribution >= 4 is 5.97 Å². The molecule has 2 aromatic carbocycles. The average Bonchev–Trinajstić information content (AvgIpc) is 3.24. The van der Waals surface area contributed by atoms with E-state index in [1.807, 2.05) is 30.3 Å². The Balaban J connectivity index is 1.64. The van der Waals surface area contributed by atoms with Crippen molar-refractivity contribution in [3.8, 4) is 28.1 Å². The first-order valence-corrected chi connectivity index (χ1v) is 8.56. The van der Waals surface area contributed by atoms with Gasteiger partial charge in [0.15, 0.2) is 0 Å². The molecule has 0 spiro atoms. The number of carboxylic acids is 1. The summed E-state index contributed by atoms with van der Waals surface area (Å²) in [6.45, 7) is -0.0198. The van der Waals surface area contributed by atoms with E-state index < -0.39 is 5.97 Å². The molecule has 0 amide bonds. The maximum absolute atomic E-state index is 11.0. The number of carbonyl (C=O) groups is 1. The van der Waals surface area contributed by atoms with Crippen LogP contribution in [0.15, 0.2) is 73.2 Å². The minimum atomic E-state index is -0.969. The van der Waals surface area contributed by atoms with E-state index in [2.05, 4.69) is 15.3 Å². The molecule has 138 valence electrons. The van der Waals surface area contributed by atoms with Crippen LogP contribution in [-0.4, -0.2) is 36.2 Å². The van der Waals surface area contributed by atoms with Gasteiger partial charge < -0.3 is 10.2 Å². The quantitative estimate of drug-likeness (QED) is 0.558. The first-order chi connectivity index (χ1) is 13.6. The monoisotopic (exact) mass is 372 g/mol. The van der Waals surface area contributed by atoms with Crippen molar-refractivity contribution in [2.24, 2.45) is 0 Å². The number of benzene rings is 2. The van der Waals surface area contributed by atoms with Crippen molar-refractivity contribution in [1.29, 1.82) is 0 Å². The van der Waals surface area contributed by atoms with Crippen molar-refractivity contribution in [2.45, 2.75) is 6.61 Å². The standard InChI is InChI=1S/C21H16N4O3/c26-13-14-2-1-3-17(8-14)18-9-19(11-22-10-18)25-12-20(23-24-25)15-4-6-16(7-5-15)21(27)28/h1-12,26H,13H2,(H,27,28). The molecule has 0 aliphatic carbocycles. The first-order valence-electron chi connectivity index (χ1n) is 8.56. The van der Waals surface area contributed by atoms with E-state index in [1.165, 1.54) is 12.1 Å². The van der Waals surface area contributed by atoms with Crippen LogP contribution in [0, 0.1) is 0 Å². The summed E-state index contributed by atoms with van der Waals surface area (Å²) in [7, 11) is 0. The minimum absolute atomic E-state index is 0.0198. The third-order valence-corrected chi connectivity index (χ3v) is 4.35. The summed E-state index contributed by atoms with van der Waals surface area (Å²) in [6, 6.07) is 16.0. The molecule has 0 bridgehead atoms. The van der Waals surface area contributed by atoms with Gasteiger partial charge in [0, 0.05) is 17.3 Å². The highest BCUT2D eigenvalue weighted by Gasteiger charge is 2.09. The van der Waals surface area contributed by atoms with Crippen LogP contribution >= 0.6 is 0 Å². The van der Waals surface area contributed by atoms with Crippen LogP contribution in [-0.2, 0) is 6.61 Å². The number of aromatic nitrogens is 4. The van der Waals surface area contributed by atoms with Gasteiger partial charge in [-0.3, -0.25) is 4.98 Å². The predicted molar refractivity (Wildman–Crippen MR) is 103 cm³/mol. The summed E-state index contributed by atoms with van der Waals surface area (Å²) in [5, 5.41) is 26.7. The lowest BCUT2D eigenvalue weighted by Crippen LogP contribution is -1.96. The molecule has 0 aliphatic rings. The summed E-state index contributed by atoms with van der Waals surface area (Å²) >= 11 is 0. The fourth-order valence-corrected chi connectivity index (χ4v) is 2.87. The SMILES string of the molecule is O=C(O)c1ccc(-c2cn(-c3cncc(-c4cccc(CO)c4)c3)nn2)cc1. The molecule has 2 aromatic heterocycles. The van der Waals surface area contributed by atoms with Gasteiger partial charge >= 0.3 is 5.97 Å². The molecule has 2 N–H and O–H groups in total.